The van der Waals surface area contributed by atoms with Crippen molar-refractivity contribution < 1.29 is 14.3 Å². The molecule has 0 bridgehead atoms. The van der Waals surface area contributed by atoms with Gasteiger partial charge in [0.15, 0.2) is 0 Å². The standard InChI is InChI=1S/C8H13ClO3/c1-7(6-10)3-5-12-8(11)2-4-9/h6-7H,2-5H2,1H3. The fourth-order valence-electron chi connectivity index (χ4n) is 0.576. The van der Waals surface area contributed by atoms with Crippen LogP contribution in [0.15, 0.2) is 0 Å². The molecule has 0 heterocycles. The smallest absolute Gasteiger partial charge is 0.306 e. The minimum absolute atomic E-state index is 0.0474. The molecular formula is C8H13ClO3. The molecule has 0 radical (unpaired) electrons. The third kappa shape index (κ3) is 6.16. The summed E-state index contributed by atoms with van der Waals surface area (Å²) in [6.45, 7) is 2.08. The van der Waals surface area contributed by atoms with Crippen LogP contribution in [0.3, 0.4) is 0 Å². The highest BCUT2D eigenvalue weighted by Gasteiger charge is 2.03. The van der Waals surface area contributed by atoms with E-state index in [2.05, 4.69) is 0 Å². The molecule has 0 fully saturated rings. The topological polar surface area (TPSA) is 43.4 Å². The van der Waals surface area contributed by atoms with Gasteiger partial charge in [0.05, 0.1) is 13.0 Å². The van der Waals surface area contributed by atoms with Gasteiger partial charge in [-0.05, 0) is 6.42 Å². The van der Waals surface area contributed by atoms with Gasteiger partial charge in [0.25, 0.3) is 0 Å². The number of esters is 1. The Morgan fingerprint density at radius 2 is 2.33 bits per heavy atom. The maximum Gasteiger partial charge on any atom is 0.306 e. The average molecular weight is 193 g/mol. The Labute approximate surface area is 77.0 Å². The van der Waals surface area contributed by atoms with E-state index in [0.717, 1.165) is 6.29 Å². The Hall–Kier alpha value is -0.570. The lowest BCUT2D eigenvalue weighted by Gasteiger charge is -2.04. The Balaban J connectivity index is 3.30. The molecule has 0 aromatic carbocycles. The van der Waals surface area contributed by atoms with Crippen LogP contribution in [0.1, 0.15) is 19.8 Å². The lowest BCUT2D eigenvalue weighted by molar-refractivity contribution is -0.143. The molecule has 12 heavy (non-hydrogen) atoms. The van der Waals surface area contributed by atoms with Crippen molar-refractivity contribution in [1.29, 1.82) is 0 Å². The summed E-state index contributed by atoms with van der Waals surface area (Å²) in [5, 5.41) is 0. The van der Waals surface area contributed by atoms with Gasteiger partial charge in [-0.1, -0.05) is 6.92 Å². The maximum atomic E-state index is 10.7. The first-order chi connectivity index (χ1) is 5.70. The summed E-state index contributed by atoms with van der Waals surface area (Å²) < 4.78 is 4.77. The van der Waals surface area contributed by atoms with Crippen LogP contribution >= 0.6 is 11.6 Å². The molecule has 70 valence electrons. The van der Waals surface area contributed by atoms with Gasteiger partial charge < -0.3 is 9.53 Å². The number of aldehydes is 1. The summed E-state index contributed by atoms with van der Waals surface area (Å²) in [5.41, 5.74) is 0. The zero-order chi connectivity index (χ0) is 9.40. The lowest BCUT2D eigenvalue weighted by atomic mass is 10.1. The predicted octanol–water partition coefficient (Wildman–Crippen LogP) is 1.38. The van der Waals surface area contributed by atoms with Gasteiger partial charge in [0, 0.05) is 11.8 Å². The van der Waals surface area contributed by atoms with Crippen LogP contribution in [0.2, 0.25) is 0 Å². The van der Waals surface area contributed by atoms with E-state index in [1.165, 1.54) is 0 Å². The second kappa shape index (κ2) is 7.10. The second-order valence-corrected chi connectivity index (χ2v) is 2.94. The SMILES string of the molecule is CC(C=O)CCOC(=O)CCCl. The van der Waals surface area contributed by atoms with Crippen molar-refractivity contribution in [3.63, 3.8) is 0 Å². The fraction of sp³-hybridized carbons (Fsp3) is 0.750. The van der Waals surface area contributed by atoms with Crippen LogP contribution in [0.5, 0.6) is 0 Å². The van der Waals surface area contributed by atoms with Crippen LogP contribution in [0, 0.1) is 5.92 Å². The van der Waals surface area contributed by atoms with Crippen LogP contribution in [-0.2, 0) is 14.3 Å². The first-order valence-electron chi connectivity index (χ1n) is 3.87. The average Bonchev–Trinajstić information content (AvgIpc) is 2.04. The minimum Gasteiger partial charge on any atom is -0.466 e. The van der Waals surface area contributed by atoms with Crippen LogP contribution < -0.4 is 0 Å². The quantitative estimate of drug-likeness (QED) is 0.363. The number of carbonyl (C=O) groups is 2. The summed E-state index contributed by atoms with van der Waals surface area (Å²) in [4.78, 5) is 20.9. The van der Waals surface area contributed by atoms with Crippen LogP contribution in [0.25, 0.3) is 0 Å². The molecule has 1 unspecified atom stereocenters. The third-order valence-corrected chi connectivity index (χ3v) is 1.56. The Bertz CT molecular complexity index is 147. The number of ether oxygens (including phenoxy) is 1. The number of hydrogen-bond acceptors (Lipinski definition) is 3. The molecule has 3 nitrogen and oxygen atoms in total. The second-order valence-electron chi connectivity index (χ2n) is 2.56. The third-order valence-electron chi connectivity index (χ3n) is 1.37. The van der Waals surface area contributed by atoms with E-state index in [4.69, 9.17) is 16.3 Å². The Morgan fingerprint density at radius 3 is 2.83 bits per heavy atom. The monoisotopic (exact) mass is 192 g/mol. The van der Waals surface area contributed by atoms with Crippen LogP contribution in [-0.4, -0.2) is 24.7 Å². The highest BCUT2D eigenvalue weighted by molar-refractivity contribution is 6.18. The molecule has 1 atom stereocenters. The van der Waals surface area contributed by atoms with E-state index in [1.54, 1.807) is 6.92 Å². The van der Waals surface area contributed by atoms with Gasteiger partial charge in [-0.25, -0.2) is 0 Å². The molecule has 0 spiro atoms. The van der Waals surface area contributed by atoms with E-state index in [9.17, 15) is 9.59 Å². The van der Waals surface area contributed by atoms with E-state index >= 15 is 0 Å². The number of halogens is 1. The lowest BCUT2D eigenvalue weighted by Crippen LogP contribution is -2.09. The van der Waals surface area contributed by atoms with Crippen molar-refractivity contribution in [3.8, 4) is 0 Å². The van der Waals surface area contributed by atoms with Crippen molar-refractivity contribution in [1.82, 2.24) is 0 Å². The maximum absolute atomic E-state index is 10.7. The first kappa shape index (κ1) is 11.4. The van der Waals surface area contributed by atoms with Crippen molar-refractivity contribution in [3.05, 3.63) is 0 Å². The molecular weight excluding hydrogens is 180 g/mol. The van der Waals surface area contributed by atoms with E-state index in [-0.39, 0.29) is 24.2 Å². The summed E-state index contributed by atoms with van der Waals surface area (Å²) in [5.74, 6) is -0.0703. The minimum atomic E-state index is -0.303. The van der Waals surface area contributed by atoms with Gasteiger partial charge in [-0.15, -0.1) is 11.6 Å². The molecule has 0 N–H and O–H groups in total. The molecule has 4 heteroatoms. The Morgan fingerprint density at radius 1 is 1.67 bits per heavy atom. The summed E-state index contributed by atoms with van der Waals surface area (Å²) in [6.07, 6.45) is 1.66. The largest absolute Gasteiger partial charge is 0.466 e. The van der Waals surface area contributed by atoms with Gasteiger partial charge in [0.1, 0.15) is 6.29 Å². The van der Waals surface area contributed by atoms with E-state index < -0.39 is 0 Å². The van der Waals surface area contributed by atoms with Gasteiger partial charge in [-0.2, -0.15) is 0 Å². The number of rotatable bonds is 6. The molecule has 0 rings (SSSR count). The number of carbonyl (C=O) groups excluding carboxylic acids is 2. The van der Waals surface area contributed by atoms with E-state index in [0.29, 0.717) is 13.0 Å². The van der Waals surface area contributed by atoms with Gasteiger partial charge in [0.2, 0.25) is 0 Å². The highest BCUT2D eigenvalue weighted by Crippen LogP contribution is 1.98. The summed E-state index contributed by atoms with van der Waals surface area (Å²) in [7, 11) is 0. The van der Waals surface area contributed by atoms with Crippen molar-refractivity contribution in [2.45, 2.75) is 19.8 Å². The molecule has 0 saturated carbocycles. The van der Waals surface area contributed by atoms with Crippen molar-refractivity contribution in [2.24, 2.45) is 5.92 Å². The first-order valence-corrected chi connectivity index (χ1v) is 4.41. The molecule has 0 saturated heterocycles. The molecule has 0 amide bonds. The van der Waals surface area contributed by atoms with Crippen LogP contribution in [0.4, 0.5) is 0 Å². The summed E-state index contributed by atoms with van der Waals surface area (Å²) >= 11 is 5.31. The summed E-state index contributed by atoms with van der Waals surface area (Å²) in [6, 6.07) is 0. The predicted molar refractivity (Wildman–Crippen MR) is 46.1 cm³/mol. The normalized spacial score (nSPS) is 12.2. The van der Waals surface area contributed by atoms with Gasteiger partial charge >= 0.3 is 5.97 Å². The highest BCUT2D eigenvalue weighted by atomic mass is 35.5. The molecule has 0 aliphatic rings. The molecule has 0 aliphatic heterocycles. The Kier molecular flexibility index (Phi) is 6.76. The number of hydrogen-bond donors (Lipinski definition) is 0. The molecule has 0 aromatic heterocycles. The number of alkyl halides is 1. The van der Waals surface area contributed by atoms with Crippen molar-refractivity contribution in [2.75, 3.05) is 12.5 Å². The van der Waals surface area contributed by atoms with Gasteiger partial charge in [-0.3, -0.25) is 4.79 Å². The van der Waals surface area contributed by atoms with E-state index in [1.807, 2.05) is 0 Å². The van der Waals surface area contributed by atoms with Crippen molar-refractivity contribution >= 4 is 23.9 Å². The molecule has 0 aliphatic carbocycles. The molecule has 0 aromatic rings. The zero-order valence-corrected chi connectivity index (χ0v) is 7.84. The zero-order valence-electron chi connectivity index (χ0n) is 7.09. The fourth-order valence-corrected chi connectivity index (χ4v) is 0.730.